The van der Waals surface area contributed by atoms with E-state index in [4.69, 9.17) is 9.72 Å². The van der Waals surface area contributed by atoms with Gasteiger partial charge in [-0.15, -0.1) is 0 Å². The molecule has 132 valence electrons. The molecule has 0 amide bonds. The normalized spacial score (nSPS) is 24.1. The van der Waals surface area contributed by atoms with Gasteiger partial charge in [0, 0.05) is 13.0 Å². The third-order valence-corrected chi connectivity index (χ3v) is 6.29. The minimum atomic E-state index is -0.0856. The molecule has 2 unspecified atom stereocenters. The van der Waals surface area contributed by atoms with E-state index in [2.05, 4.69) is 0 Å². The van der Waals surface area contributed by atoms with E-state index in [-0.39, 0.29) is 22.7 Å². The number of Topliss-reactive ketones (excluding diaryl/α,β-unsaturated/α-hetero) is 1. The Morgan fingerprint density at radius 3 is 2.84 bits per heavy atom. The van der Waals surface area contributed by atoms with Crippen LogP contribution in [0.25, 0.3) is 10.9 Å². The number of para-hydroxylation sites is 1. The lowest BCUT2D eigenvalue weighted by molar-refractivity contribution is -0.119. The van der Waals surface area contributed by atoms with E-state index in [9.17, 15) is 9.59 Å². The maximum absolute atomic E-state index is 13.0. The van der Waals surface area contributed by atoms with E-state index >= 15 is 0 Å². The second-order valence-corrected chi connectivity index (χ2v) is 7.95. The molecule has 2 aromatic rings. The van der Waals surface area contributed by atoms with Crippen molar-refractivity contribution >= 4 is 28.4 Å². The molecule has 0 bridgehead atoms. The molecular weight excluding hydrogens is 336 g/mol. The molecule has 25 heavy (non-hydrogen) atoms. The summed E-state index contributed by atoms with van der Waals surface area (Å²) in [7, 11) is 0. The average Bonchev–Trinajstić information content (AvgIpc) is 3.13. The van der Waals surface area contributed by atoms with Crippen LogP contribution < -0.4 is 5.56 Å². The Labute approximate surface area is 150 Å². The van der Waals surface area contributed by atoms with Gasteiger partial charge in [0.2, 0.25) is 0 Å². The van der Waals surface area contributed by atoms with Gasteiger partial charge in [0.1, 0.15) is 5.78 Å². The zero-order chi connectivity index (χ0) is 17.2. The third kappa shape index (κ3) is 3.51. The van der Waals surface area contributed by atoms with Crippen molar-refractivity contribution < 1.29 is 9.53 Å². The standard InChI is InChI=1S/C19H22N2O3S/c22-16-9-3-4-10-17(16)25-19-20-15-8-2-1-7-14(15)18(23)21(19)12-13-6-5-11-24-13/h1-2,7-8,13,17H,3-6,9-12H2. The molecular formula is C19H22N2O3S. The zero-order valence-electron chi connectivity index (χ0n) is 14.1. The lowest BCUT2D eigenvalue weighted by atomic mass is 9.99. The van der Waals surface area contributed by atoms with Crippen molar-refractivity contribution in [2.24, 2.45) is 0 Å². The van der Waals surface area contributed by atoms with Crippen molar-refractivity contribution in [2.45, 2.75) is 61.6 Å². The highest BCUT2D eigenvalue weighted by Gasteiger charge is 2.27. The van der Waals surface area contributed by atoms with Crippen LogP contribution in [-0.4, -0.2) is 33.3 Å². The number of hydrogen-bond acceptors (Lipinski definition) is 5. The van der Waals surface area contributed by atoms with Gasteiger partial charge in [-0.3, -0.25) is 14.2 Å². The molecule has 1 aliphatic carbocycles. The molecule has 2 atom stereocenters. The summed E-state index contributed by atoms with van der Waals surface area (Å²) in [6.07, 6.45) is 5.60. The van der Waals surface area contributed by atoms with Gasteiger partial charge in [-0.2, -0.15) is 0 Å². The first-order valence-corrected chi connectivity index (χ1v) is 9.91. The highest BCUT2D eigenvalue weighted by molar-refractivity contribution is 8.00. The van der Waals surface area contributed by atoms with Crippen LogP contribution in [-0.2, 0) is 16.1 Å². The topological polar surface area (TPSA) is 61.2 Å². The fourth-order valence-corrected chi connectivity index (χ4v) is 4.82. The van der Waals surface area contributed by atoms with Gasteiger partial charge in [0.15, 0.2) is 5.16 Å². The fraction of sp³-hybridized carbons (Fsp3) is 0.526. The molecule has 2 aliphatic rings. The van der Waals surface area contributed by atoms with Crippen LogP contribution in [0.4, 0.5) is 0 Å². The summed E-state index contributed by atoms with van der Waals surface area (Å²) in [5, 5.41) is 1.19. The molecule has 0 spiro atoms. The molecule has 1 aromatic carbocycles. The number of rotatable bonds is 4. The number of hydrogen-bond donors (Lipinski definition) is 0. The quantitative estimate of drug-likeness (QED) is 0.786. The van der Waals surface area contributed by atoms with Crippen LogP contribution in [0.5, 0.6) is 0 Å². The molecule has 1 saturated heterocycles. The number of aromatic nitrogens is 2. The van der Waals surface area contributed by atoms with E-state index in [0.29, 0.717) is 29.0 Å². The lowest BCUT2D eigenvalue weighted by Crippen LogP contribution is -2.30. The predicted octanol–water partition coefficient (Wildman–Crippen LogP) is 3.18. The summed E-state index contributed by atoms with van der Waals surface area (Å²) < 4.78 is 7.45. The molecule has 0 radical (unpaired) electrons. The van der Waals surface area contributed by atoms with E-state index in [0.717, 1.165) is 38.7 Å². The number of nitrogens with zero attached hydrogens (tertiary/aromatic N) is 2. The lowest BCUT2D eigenvalue weighted by Gasteiger charge is -2.22. The number of carbonyl (C=O) groups is 1. The SMILES string of the molecule is O=C1CCCCC1Sc1nc2ccccc2c(=O)n1CC1CCCO1. The van der Waals surface area contributed by atoms with Gasteiger partial charge in [-0.05, 0) is 37.8 Å². The number of ether oxygens (including phenoxy) is 1. The molecule has 2 heterocycles. The van der Waals surface area contributed by atoms with Crippen molar-refractivity contribution in [3.8, 4) is 0 Å². The molecule has 4 rings (SSSR count). The maximum atomic E-state index is 13.0. The highest BCUT2D eigenvalue weighted by atomic mass is 32.2. The molecule has 5 nitrogen and oxygen atoms in total. The van der Waals surface area contributed by atoms with Gasteiger partial charge >= 0.3 is 0 Å². The monoisotopic (exact) mass is 358 g/mol. The van der Waals surface area contributed by atoms with Crippen LogP contribution in [0, 0.1) is 0 Å². The summed E-state index contributed by atoms with van der Waals surface area (Å²) >= 11 is 1.46. The van der Waals surface area contributed by atoms with E-state index < -0.39 is 0 Å². The minimum Gasteiger partial charge on any atom is -0.376 e. The molecule has 1 saturated carbocycles. The molecule has 1 aromatic heterocycles. The smallest absolute Gasteiger partial charge is 0.262 e. The van der Waals surface area contributed by atoms with Crippen molar-refractivity contribution in [1.82, 2.24) is 9.55 Å². The second-order valence-electron chi connectivity index (χ2n) is 6.78. The van der Waals surface area contributed by atoms with Crippen molar-refractivity contribution in [3.63, 3.8) is 0 Å². The third-order valence-electron chi connectivity index (χ3n) is 4.98. The minimum absolute atomic E-state index is 0.0353. The second kappa shape index (κ2) is 7.30. The number of fused-ring (bicyclic) bond motifs is 1. The van der Waals surface area contributed by atoms with Gasteiger partial charge in [0.05, 0.1) is 28.8 Å². The fourth-order valence-electron chi connectivity index (χ4n) is 3.59. The first-order valence-electron chi connectivity index (χ1n) is 9.03. The van der Waals surface area contributed by atoms with Crippen molar-refractivity contribution in [3.05, 3.63) is 34.6 Å². The van der Waals surface area contributed by atoms with Gasteiger partial charge < -0.3 is 4.74 Å². The predicted molar refractivity (Wildman–Crippen MR) is 98.1 cm³/mol. The van der Waals surface area contributed by atoms with Gasteiger partial charge in [-0.25, -0.2) is 4.98 Å². The number of benzene rings is 1. The summed E-state index contributed by atoms with van der Waals surface area (Å²) in [5.41, 5.74) is 0.661. The first-order chi connectivity index (χ1) is 12.2. The Bertz CT molecular complexity index is 842. The number of carbonyl (C=O) groups excluding carboxylic acids is 1. The average molecular weight is 358 g/mol. The van der Waals surface area contributed by atoms with Gasteiger partial charge in [-0.1, -0.05) is 30.3 Å². The Hall–Kier alpha value is -1.66. The van der Waals surface area contributed by atoms with Gasteiger partial charge in [0.25, 0.3) is 5.56 Å². The molecule has 0 N–H and O–H groups in total. The Balaban J connectivity index is 1.74. The Morgan fingerprint density at radius 1 is 1.16 bits per heavy atom. The van der Waals surface area contributed by atoms with Crippen LogP contribution in [0.3, 0.4) is 0 Å². The van der Waals surface area contributed by atoms with Crippen LogP contribution in [0.2, 0.25) is 0 Å². The highest BCUT2D eigenvalue weighted by Crippen LogP contribution is 2.31. The molecule has 6 heteroatoms. The van der Waals surface area contributed by atoms with Crippen LogP contribution in [0.1, 0.15) is 38.5 Å². The van der Waals surface area contributed by atoms with Crippen LogP contribution in [0.15, 0.2) is 34.2 Å². The largest absolute Gasteiger partial charge is 0.376 e. The summed E-state index contributed by atoms with van der Waals surface area (Å²) in [6, 6.07) is 7.43. The van der Waals surface area contributed by atoms with Crippen molar-refractivity contribution in [2.75, 3.05) is 6.61 Å². The Morgan fingerprint density at radius 2 is 2.04 bits per heavy atom. The molecule has 2 fully saturated rings. The number of ketones is 1. The maximum Gasteiger partial charge on any atom is 0.262 e. The van der Waals surface area contributed by atoms with Crippen molar-refractivity contribution in [1.29, 1.82) is 0 Å². The van der Waals surface area contributed by atoms with Crippen LogP contribution >= 0.6 is 11.8 Å². The molecule has 1 aliphatic heterocycles. The van der Waals surface area contributed by atoms with E-state index in [1.807, 2.05) is 24.3 Å². The first kappa shape index (κ1) is 16.8. The summed E-state index contributed by atoms with van der Waals surface area (Å²) in [6.45, 7) is 1.27. The van der Waals surface area contributed by atoms with E-state index in [1.54, 1.807) is 4.57 Å². The summed E-state index contributed by atoms with van der Waals surface area (Å²) in [4.78, 5) is 30.0. The Kier molecular flexibility index (Phi) is 4.90. The zero-order valence-corrected chi connectivity index (χ0v) is 15.0. The van der Waals surface area contributed by atoms with E-state index in [1.165, 1.54) is 11.8 Å². The summed E-state index contributed by atoms with van der Waals surface area (Å²) in [5.74, 6) is 0.280. The number of thioether (sulfide) groups is 1.